The second-order valence-electron chi connectivity index (χ2n) is 5.66. The van der Waals surface area contributed by atoms with Crippen molar-refractivity contribution in [1.82, 2.24) is 0 Å². The summed E-state index contributed by atoms with van der Waals surface area (Å²) in [5.74, 6) is -0.570. The first-order chi connectivity index (χ1) is 13.0. The van der Waals surface area contributed by atoms with Crippen LogP contribution in [0.1, 0.15) is 34.1 Å². The van der Waals surface area contributed by atoms with Gasteiger partial charge in [0, 0.05) is 18.0 Å². The lowest BCUT2D eigenvalue weighted by molar-refractivity contribution is 0.656. The van der Waals surface area contributed by atoms with Crippen LogP contribution in [0.15, 0.2) is 107 Å². The monoisotopic (exact) mass is 366 g/mol. The molecule has 0 aromatic rings. The Bertz CT molecular complexity index is 725. The van der Waals surface area contributed by atoms with Crippen LogP contribution in [0.25, 0.3) is 0 Å². The number of rotatable bonds is 11. The Morgan fingerprint density at radius 1 is 1.07 bits per heavy atom. The minimum atomic E-state index is -0.570. The molecule has 0 fully saturated rings. The SMILES string of the molecule is C=C\C(C)=C/C(=C(C(=C)F)/C(C=C)=N/C=C\C)[C@@H](CC)/N=C/C=C\C=C\C. The highest BCUT2D eigenvalue weighted by Crippen LogP contribution is 2.26. The van der Waals surface area contributed by atoms with E-state index in [1.165, 1.54) is 6.08 Å². The molecular formula is C24H31FN2. The van der Waals surface area contributed by atoms with Crippen molar-refractivity contribution >= 4 is 11.9 Å². The molecule has 0 amide bonds. The van der Waals surface area contributed by atoms with Gasteiger partial charge in [0.1, 0.15) is 5.83 Å². The van der Waals surface area contributed by atoms with E-state index in [4.69, 9.17) is 0 Å². The van der Waals surface area contributed by atoms with Crippen LogP contribution in [0.4, 0.5) is 4.39 Å². The lowest BCUT2D eigenvalue weighted by Crippen LogP contribution is -2.14. The van der Waals surface area contributed by atoms with E-state index in [9.17, 15) is 4.39 Å². The molecule has 0 aliphatic rings. The fourth-order valence-electron chi connectivity index (χ4n) is 2.24. The van der Waals surface area contributed by atoms with Gasteiger partial charge in [-0.25, -0.2) is 4.39 Å². The summed E-state index contributed by atoms with van der Waals surface area (Å²) in [7, 11) is 0. The highest BCUT2D eigenvalue weighted by Gasteiger charge is 2.19. The quantitative estimate of drug-likeness (QED) is 0.277. The maximum Gasteiger partial charge on any atom is 0.125 e. The number of nitrogens with zero attached hydrogens (tertiary/aromatic N) is 2. The largest absolute Gasteiger partial charge is 0.285 e. The van der Waals surface area contributed by atoms with Gasteiger partial charge in [0.05, 0.1) is 11.8 Å². The second kappa shape index (κ2) is 14.4. The minimum Gasteiger partial charge on any atom is -0.285 e. The van der Waals surface area contributed by atoms with Gasteiger partial charge in [-0.15, -0.1) is 0 Å². The van der Waals surface area contributed by atoms with Crippen molar-refractivity contribution in [3.05, 3.63) is 97.1 Å². The molecule has 0 aromatic carbocycles. The topological polar surface area (TPSA) is 24.7 Å². The third kappa shape index (κ3) is 8.91. The standard InChI is InChI=1S/C24H31FN2/c1-8-13-14-15-17-27-22(11-4)21(18-19(6)10-3)24(20(7)25)23(12-5)26-16-9-2/h8-10,12-18,22H,3,5,7,11H2,1-2,4,6H3/b13-8+,15-14-,16-9-,19-18-,24-21-,26-23+,27-17+/t22-/m1/s1. The molecule has 0 heterocycles. The van der Waals surface area contributed by atoms with Crippen molar-refractivity contribution < 1.29 is 4.39 Å². The molecule has 0 aliphatic carbocycles. The molecule has 2 nitrogen and oxygen atoms in total. The first-order valence-electron chi connectivity index (χ1n) is 8.99. The summed E-state index contributed by atoms with van der Waals surface area (Å²) in [6.45, 7) is 18.8. The van der Waals surface area contributed by atoms with Gasteiger partial charge in [-0.1, -0.05) is 68.7 Å². The summed E-state index contributed by atoms with van der Waals surface area (Å²) in [5, 5.41) is 0. The average Bonchev–Trinajstić information content (AvgIpc) is 2.66. The Labute approximate surface area is 164 Å². The molecule has 0 N–H and O–H groups in total. The van der Waals surface area contributed by atoms with E-state index in [2.05, 4.69) is 29.7 Å². The van der Waals surface area contributed by atoms with Crippen molar-refractivity contribution in [2.75, 3.05) is 0 Å². The highest BCUT2D eigenvalue weighted by molar-refractivity contribution is 6.12. The summed E-state index contributed by atoms with van der Waals surface area (Å²) < 4.78 is 14.5. The van der Waals surface area contributed by atoms with E-state index in [-0.39, 0.29) is 6.04 Å². The van der Waals surface area contributed by atoms with Gasteiger partial charge >= 0.3 is 0 Å². The lowest BCUT2D eigenvalue weighted by atomic mass is 9.93. The maximum atomic E-state index is 14.5. The fourth-order valence-corrected chi connectivity index (χ4v) is 2.24. The van der Waals surface area contributed by atoms with Gasteiger partial charge in [-0.3, -0.25) is 9.98 Å². The average molecular weight is 367 g/mol. The Morgan fingerprint density at radius 2 is 1.78 bits per heavy atom. The van der Waals surface area contributed by atoms with E-state index in [1.54, 1.807) is 24.6 Å². The van der Waals surface area contributed by atoms with Gasteiger partial charge < -0.3 is 0 Å². The Morgan fingerprint density at radius 3 is 2.26 bits per heavy atom. The van der Waals surface area contributed by atoms with Crippen LogP contribution in [-0.2, 0) is 0 Å². The lowest BCUT2D eigenvalue weighted by Gasteiger charge is -2.18. The van der Waals surface area contributed by atoms with Crippen LogP contribution < -0.4 is 0 Å². The number of aliphatic imine (C=N–C) groups is 2. The van der Waals surface area contributed by atoms with E-state index in [1.807, 2.05) is 58.1 Å². The molecule has 0 saturated heterocycles. The highest BCUT2D eigenvalue weighted by atomic mass is 19.1. The van der Waals surface area contributed by atoms with Crippen molar-refractivity contribution in [3.63, 3.8) is 0 Å². The van der Waals surface area contributed by atoms with Gasteiger partial charge in [0.15, 0.2) is 0 Å². The van der Waals surface area contributed by atoms with Crippen LogP contribution in [0.2, 0.25) is 0 Å². The number of hydrogen-bond acceptors (Lipinski definition) is 2. The summed E-state index contributed by atoms with van der Waals surface area (Å²) in [5.41, 5.74) is 2.32. The zero-order valence-electron chi connectivity index (χ0n) is 17.0. The maximum absolute atomic E-state index is 14.5. The molecule has 1 atom stereocenters. The van der Waals surface area contributed by atoms with Crippen molar-refractivity contribution in [1.29, 1.82) is 0 Å². The van der Waals surface area contributed by atoms with Gasteiger partial charge in [-0.2, -0.15) is 0 Å². The molecule has 0 rings (SSSR count). The molecule has 144 valence electrons. The van der Waals surface area contributed by atoms with Crippen molar-refractivity contribution in [2.45, 2.75) is 40.2 Å². The molecule has 0 aromatic heterocycles. The third-order valence-electron chi connectivity index (χ3n) is 3.59. The van der Waals surface area contributed by atoms with Crippen LogP contribution in [0.5, 0.6) is 0 Å². The summed E-state index contributed by atoms with van der Waals surface area (Å²) in [6.07, 6.45) is 18.5. The smallest absolute Gasteiger partial charge is 0.125 e. The molecule has 0 bridgehead atoms. The van der Waals surface area contributed by atoms with Crippen LogP contribution in [0.3, 0.4) is 0 Å². The van der Waals surface area contributed by atoms with Crippen LogP contribution >= 0.6 is 0 Å². The molecule has 0 spiro atoms. The van der Waals surface area contributed by atoms with Gasteiger partial charge in [0.25, 0.3) is 0 Å². The molecular weight excluding hydrogens is 335 g/mol. The van der Waals surface area contributed by atoms with E-state index >= 15 is 0 Å². The first-order valence-corrected chi connectivity index (χ1v) is 8.99. The molecule has 0 aliphatic heterocycles. The predicted molar refractivity (Wildman–Crippen MR) is 120 cm³/mol. The predicted octanol–water partition coefficient (Wildman–Crippen LogP) is 7.04. The van der Waals surface area contributed by atoms with Crippen molar-refractivity contribution in [2.24, 2.45) is 9.98 Å². The normalized spacial score (nSPS) is 15.7. The Hall–Kier alpha value is -2.81. The summed E-state index contributed by atoms with van der Waals surface area (Å²) >= 11 is 0. The number of hydrogen-bond donors (Lipinski definition) is 0. The summed E-state index contributed by atoms with van der Waals surface area (Å²) in [6, 6.07) is -0.256. The van der Waals surface area contributed by atoms with Gasteiger partial charge in [0.2, 0.25) is 0 Å². The van der Waals surface area contributed by atoms with Crippen molar-refractivity contribution in [3.8, 4) is 0 Å². The Kier molecular flexibility index (Phi) is 12.9. The number of allylic oxidation sites excluding steroid dienone is 10. The number of halogens is 1. The fraction of sp³-hybridized carbons (Fsp3) is 0.250. The first kappa shape index (κ1) is 24.2. The molecule has 0 unspecified atom stereocenters. The summed E-state index contributed by atoms with van der Waals surface area (Å²) in [4.78, 5) is 8.91. The zero-order chi connectivity index (χ0) is 20.7. The molecule has 27 heavy (non-hydrogen) atoms. The van der Waals surface area contributed by atoms with E-state index in [0.717, 1.165) is 5.57 Å². The van der Waals surface area contributed by atoms with Gasteiger partial charge in [-0.05, 0) is 44.9 Å². The van der Waals surface area contributed by atoms with E-state index < -0.39 is 5.83 Å². The molecule has 0 radical (unpaired) electrons. The third-order valence-corrected chi connectivity index (χ3v) is 3.59. The minimum absolute atomic E-state index is 0.256. The van der Waals surface area contributed by atoms with Crippen LogP contribution in [0, 0.1) is 0 Å². The zero-order valence-corrected chi connectivity index (χ0v) is 17.0. The van der Waals surface area contributed by atoms with E-state index in [0.29, 0.717) is 23.3 Å². The van der Waals surface area contributed by atoms with Crippen LogP contribution in [-0.4, -0.2) is 18.0 Å². The molecule has 3 heteroatoms. The molecule has 0 saturated carbocycles. The Balaban J connectivity index is 6.58. The second-order valence-corrected chi connectivity index (χ2v) is 5.66.